The molecule has 1 aromatic carbocycles. The van der Waals surface area contributed by atoms with Crippen molar-refractivity contribution in [2.45, 2.75) is 47.0 Å². The molecule has 4 nitrogen and oxygen atoms in total. The van der Waals surface area contributed by atoms with E-state index in [-0.39, 0.29) is 0 Å². The molecule has 0 bridgehead atoms. The zero-order valence-corrected chi connectivity index (χ0v) is 16.4. The van der Waals surface area contributed by atoms with Gasteiger partial charge in [-0.05, 0) is 69.6 Å². The molecule has 1 heterocycles. The molecule has 0 radical (unpaired) electrons. The summed E-state index contributed by atoms with van der Waals surface area (Å²) in [6, 6.07) is 4.27. The van der Waals surface area contributed by atoms with E-state index in [0.717, 1.165) is 52.0 Å². The molecule has 24 heavy (non-hydrogen) atoms. The number of aromatic nitrogens is 2. The molecule has 0 atom stereocenters. The molecule has 0 aliphatic rings. The summed E-state index contributed by atoms with van der Waals surface area (Å²) in [5, 5.41) is 10.9. The van der Waals surface area contributed by atoms with Gasteiger partial charge in [-0.3, -0.25) is 0 Å². The van der Waals surface area contributed by atoms with E-state index >= 15 is 0 Å². The van der Waals surface area contributed by atoms with E-state index in [1.54, 1.807) is 18.4 Å². The maximum Gasteiger partial charge on any atom is 0.147 e. The van der Waals surface area contributed by atoms with Crippen molar-refractivity contribution in [3.8, 4) is 16.3 Å². The van der Waals surface area contributed by atoms with Crippen LogP contribution in [0.25, 0.3) is 10.6 Å². The standard InChI is InChI=1S/C19H29N3OS/c1-6-22(7-2)11-9-8-10-17-20-21-19(24-17)16-12-14(3)18(23-5)15(4)13-16/h12-13H,6-11H2,1-5H3. The highest BCUT2D eigenvalue weighted by Gasteiger charge is 2.11. The van der Waals surface area contributed by atoms with E-state index < -0.39 is 0 Å². The second kappa shape index (κ2) is 9.14. The normalized spacial score (nSPS) is 11.2. The summed E-state index contributed by atoms with van der Waals surface area (Å²) in [5.74, 6) is 0.958. The molecule has 2 aromatic rings. The van der Waals surface area contributed by atoms with Crippen LogP contribution in [0.1, 0.15) is 42.8 Å². The highest BCUT2D eigenvalue weighted by molar-refractivity contribution is 7.14. The van der Waals surface area contributed by atoms with Gasteiger partial charge in [-0.25, -0.2) is 0 Å². The summed E-state index contributed by atoms with van der Waals surface area (Å²) in [5.41, 5.74) is 3.42. The van der Waals surface area contributed by atoms with Crippen molar-refractivity contribution in [2.24, 2.45) is 0 Å². The van der Waals surface area contributed by atoms with Crippen molar-refractivity contribution < 1.29 is 4.74 Å². The van der Waals surface area contributed by atoms with Crippen LogP contribution in [0.5, 0.6) is 5.75 Å². The maximum absolute atomic E-state index is 5.44. The Kier molecular flexibility index (Phi) is 7.18. The zero-order valence-electron chi connectivity index (χ0n) is 15.6. The average molecular weight is 348 g/mol. The Balaban J connectivity index is 1.96. The molecule has 0 fully saturated rings. The number of nitrogens with zero attached hydrogens (tertiary/aromatic N) is 3. The van der Waals surface area contributed by atoms with E-state index in [1.807, 2.05) is 0 Å². The predicted octanol–water partition coefficient (Wildman–Crippen LogP) is 4.50. The number of hydrogen-bond donors (Lipinski definition) is 0. The minimum Gasteiger partial charge on any atom is -0.496 e. The molecule has 5 heteroatoms. The maximum atomic E-state index is 5.44. The van der Waals surface area contributed by atoms with Gasteiger partial charge in [-0.1, -0.05) is 25.2 Å². The van der Waals surface area contributed by atoms with Crippen LogP contribution in [-0.4, -0.2) is 41.8 Å². The topological polar surface area (TPSA) is 38.2 Å². The lowest BCUT2D eigenvalue weighted by Gasteiger charge is -2.17. The molecular weight excluding hydrogens is 318 g/mol. The van der Waals surface area contributed by atoms with Crippen molar-refractivity contribution in [3.63, 3.8) is 0 Å². The summed E-state index contributed by atoms with van der Waals surface area (Å²) < 4.78 is 5.44. The van der Waals surface area contributed by atoms with Crippen LogP contribution in [0.4, 0.5) is 0 Å². The third kappa shape index (κ3) is 4.77. The first kappa shape index (κ1) is 18.9. The molecule has 0 saturated carbocycles. The molecule has 0 N–H and O–H groups in total. The van der Waals surface area contributed by atoms with Crippen molar-refractivity contribution in [1.82, 2.24) is 15.1 Å². The number of hydrogen-bond acceptors (Lipinski definition) is 5. The molecule has 0 spiro atoms. The fourth-order valence-corrected chi connectivity index (χ4v) is 3.89. The Morgan fingerprint density at radius 2 is 1.71 bits per heavy atom. The van der Waals surface area contributed by atoms with Gasteiger partial charge in [0.25, 0.3) is 0 Å². The number of methoxy groups -OCH3 is 1. The smallest absolute Gasteiger partial charge is 0.147 e. The molecule has 0 aliphatic heterocycles. The molecule has 0 saturated heterocycles. The average Bonchev–Trinajstić information content (AvgIpc) is 3.03. The van der Waals surface area contributed by atoms with Gasteiger partial charge in [0.1, 0.15) is 15.8 Å². The first-order valence-electron chi connectivity index (χ1n) is 8.79. The van der Waals surface area contributed by atoms with Gasteiger partial charge in [-0.2, -0.15) is 0 Å². The minimum atomic E-state index is 0.958. The largest absolute Gasteiger partial charge is 0.496 e. The van der Waals surface area contributed by atoms with E-state index in [9.17, 15) is 0 Å². The van der Waals surface area contributed by atoms with Gasteiger partial charge in [-0.15, -0.1) is 10.2 Å². The van der Waals surface area contributed by atoms with Gasteiger partial charge in [0, 0.05) is 12.0 Å². The third-order valence-electron chi connectivity index (χ3n) is 4.39. The van der Waals surface area contributed by atoms with Gasteiger partial charge in [0.2, 0.25) is 0 Å². The van der Waals surface area contributed by atoms with E-state index in [2.05, 4.69) is 54.9 Å². The van der Waals surface area contributed by atoms with E-state index in [0.29, 0.717) is 0 Å². The molecular formula is C19H29N3OS. The first-order valence-corrected chi connectivity index (χ1v) is 9.61. The summed E-state index contributed by atoms with van der Waals surface area (Å²) >= 11 is 1.71. The Bertz CT molecular complexity index is 627. The molecule has 1 aromatic heterocycles. The van der Waals surface area contributed by atoms with Crippen molar-refractivity contribution in [1.29, 1.82) is 0 Å². The highest BCUT2D eigenvalue weighted by Crippen LogP contribution is 2.31. The van der Waals surface area contributed by atoms with Crippen LogP contribution in [0.15, 0.2) is 12.1 Å². The number of aryl methyl sites for hydroxylation is 3. The lowest BCUT2D eigenvalue weighted by Crippen LogP contribution is -2.23. The second-order valence-corrected chi connectivity index (χ2v) is 7.19. The van der Waals surface area contributed by atoms with Crippen LogP contribution in [0.2, 0.25) is 0 Å². The first-order chi connectivity index (χ1) is 11.6. The van der Waals surface area contributed by atoms with Crippen LogP contribution >= 0.6 is 11.3 Å². The Morgan fingerprint density at radius 1 is 1.04 bits per heavy atom. The third-order valence-corrected chi connectivity index (χ3v) is 5.42. The van der Waals surface area contributed by atoms with Crippen LogP contribution in [0.3, 0.4) is 0 Å². The zero-order chi connectivity index (χ0) is 17.5. The molecule has 0 amide bonds. The predicted molar refractivity (Wildman–Crippen MR) is 102 cm³/mol. The number of unbranched alkanes of at least 4 members (excludes halogenated alkanes) is 1. The monoisotopic (exact) mass is 347 g/mol. The molecule has 2 rings (SSSR count). The molecule has 132 valence electrons. The fraction of sp³-hybridized carbons (Fsp3) is 0.579. The number of benzene rings is 1. The quantitative estimate of drug-likeness (QED) is 0.626. The van der Waals surface area contributed by atoms with Gasteiger partial charge >= 0.3 is 0 Å². The number of rotatable bonds is 9. The Labute approximate surface area is 149 Å². The summed E-state index contributed by atoms with van der Waals surface area (Å²) in [6.45, 7) is 12.0. The minimum absolute atomic E-state index is 0.958. The van der Waals surface area contributed by atoms with Crippen LogP contribution in [-0.2, 0) is 6.42 Å². The molecule has 0 aliphatic carbocycles. The van der Waals surface area contributed by atoms with E-state index in [1.165, 1.54) is 19.4 Å². The summed E-state index contributed by atoms with van der Waals surface area (Å²) in [7, 11) is 1.72. The van der Waals surface area contributed by atoms with Gasteiger partial charge in [0.15, 0.2) is 0 Å². The van der Waals surface area contributed by atoms with Crippen molar-refractivity contribution in [3.05, 3.63) is 28.3 Å². The lowest BCUT2D eigenvalue weighted by atomic mass is 10.1. The van der Waals surface area contributed by atoms with Gasteiger partial charge in [0.05, 0.1) is 7.11 Å². The second-order valence-electron chi connectivity index (χ2n) is 6.13. The molecule has 0 unspecified atom stereocenters. The SMILES string of the molecule is CCN(CC)CCCCc1nnc(-c2cc(C)c(OC)c(C)c2)s1. The fourth-order valence-electron chi connectivity index (χ4n) is 3.02. The highest BCUT2D eigenvalue weighted by atomic mass is 32.1. The van der Waals surface area contributed by atoms with Crippen molar-refractivity contribution >= 4 is 11.3 Å². The van der Waals surface area contributed by atoms with Crippen LogP contribution < -0.4 is 4.74 Å². The summed E-state index contributed by atoms with van der Waals surface area (Å²) in [6.07, 6.45) is 3.41. The number of ether oxygens (including phenoxy) is 1. The lowest BCUT2D eigenvalue weighted by molar-refractivity contribution is 0.297. The van der Waals surface area contributed by atoms with Crippen LogP contribution in [0, 0.1) is 13.8 Å². The summed E-state index contributed by atoms with van der Waals surface area (Å²) in [4.78, 5) is 2.47. The Morgan fingerprint density at radius 3 is 2.29 bits per heavy atom. The Hall–Kier alpha value is -1.46. The van der Waals surface area contributed by atoms with E-state index in [4.69, 9.17) is 4.74 Å². The van der Waals surface area contributed by atoms with Gasteiger partial charge < -0.3 is 9.64 Å². The van der Waals surface area contributed by atoms with Crippen molar-refractivity contribution in [2.75, 3.05) is 26.7 Å².